The number of sulfone groups is 2. The number of furan rings is 2. The molecular formula is C48H54N10O10S2. The van der Waals surface area contributed by atoms with Gasteiger partial charge in [0.15, 0.2) is 42.8 Å². The van der Waals surface area contributed by atoms with Crippen molar-refractivity contribution in [3.8, 4) is 57.5 Å². The van der Waals surface area contributed by atoms with Gasteiger partial charge in [0, 0.05) is 12.8 Å². The molecule has 0 spiro atoms. The van der Waals surface area contributed by atoms with Crippen LogP contribution in [0.15, 0.2) is 93.8 Å². The van der Waals surface area contributed by atoms with Crippen LogP contribution in [0.3, 0.4) is 0 Å². The lowest BCUT2D eigenvalue weighted by atomic mass is 10.2. The predicted octanol–water partition coefficient (Wildman–Crippen LogP) is 6.99. The van der Waals surface area contributed by atoms with Gasteiger partial charge in [-0.25, -0.2) is 16.8 Å². The van der Waals surface area contributed by atoms with E-state index in [-0.39, 0.29) is 36.0 Å². The summed E-state index contributed by atoms with van der Waals surface area (Å²) in [6, 6.07) is 24.9. The zero-order valence-corrected chi connectivity index (χ0v) is 42.1. The zero-order valence-electron chi connectivity index (χ0n) is 40.4. The van der Waals surface area contributed by atoms with Crippen LogP contribution in [-0.2, 0) is 44.0 Å². The number of aromatic nitrogens is 10. The smallest absolute Gasteiger partial charge is 0.204 e. The van der Waals surface area contributed by atoms with Crippen molar-refractivity contribution in [3.63, 3.8) is 0 Å². The third-order valence-corrected chi connectivity index (χ3v) is 15.3. The highest BCUT2D eigenvalue weighted by Gasteiger charge is 2.32. The Labute approximate surface area is 405 Å². The van der Waals surface area contributed by atoms with Gasteiger partial charge in [-0.05, 0) is 114 Å². The van der Waals surface area contributed by atoms with E-state index >= 15 is 0 Å². The Morgan fingerprint density at radius 3 is 1.11 bits per heavy atom. The molecule has 0 radical (unpaired) electrons. The summed E-state index contributed by atoms with van der Waals surface area (Å²) in [5.74, 6) is 4.49. The fourth-order valence-corrected chi connectivity index (χ4v) is 9.89. The Hall–Kier alpha value is -7.46. The van der Waals surface area contributed by atoms with Crippen LogP contribution in [-0.4, -0.2) is 106 Å². The van der Waals surface area contributed by atoms with E-state index in [1.54, 1.807) is 95.8 Å². The first-order chi connectivity index (χ1) is 33.5. The molecule has 8 rings (SSSR count). The molecule has 2 atom stereocenters. The first kappa shape index (κ1) is 50.4. The number of aryl methyl sites for hydroxylation is 4. The second kappa shape index (κ2) is 21.5. The topological polar surface area (TPSA) is 244 Å². The summed E-state index contributed by atoms with van der Waals surface area (Å²) in [6.45, 7) is 10.6. The van der Waals surface area contributed by atoms with E-state index in [0.29, 0.717) is 80.5 Å². The number of hydrogen-bond donors (Lipinski definition) is 0. The van der Waals surface area contributed by atoms with Crippen molar-refractivity contribution in [1.29, 1.82) is 0 Å². The molecule has 0 N–H and O–H groups in total. The summed E-state index contributed by atoms with van der Waals surface area (Å²) in [4.78, 5) is 0. The Morgan fingerprint density at radius 1 is 0.471 bits per heavy atom. The Bertz CT molecular complexity index is 3030. The number of methoxy groups -OCH3 is 4. The molecule has 22 heteroatoms. The maximum absolute atomic E-state index is 13.4. The molecule has 0 saturated heterocycles. The summed E-state index contributed by atoms with van der Waals surface area (Å²) < 4.78 is 90.7. The maximum atomic E-state index is 13.4. The molecule has 6 aromatic heterocycles. The second-order valence-electron chi connectivity index (χ2n) is 16.4. The molecule has 0 bridgehead atoms. The number of hydrogen-bond acceptors (Lipinski definition) is 18. The van der Waals surface area contributed by atoms with Crippen molar-refractivity contribution < 1.29 is 44.6 Å². The Balaban J connectivity index is 0.000000206. The van der Waals surface area contributed by atoms with E-state index < -0.39 is 30.2 Å². The van der Waals surface area contributed by atoms with E-state index in [9.17, 15) is 16.8 Å². The van der Waals surface area contributed by atoms with Crippen molar-refractivity contribution in [2.45, 2.75) is 76.4 Å². The van der Waals surface area contributed by atoms with Crippen molar-refractivity contribution in [2.75, 3.05) is 28.4 Å². The van der Waals surface area contributed by atoms with Gasteiger partial charge in [0.2, 0.25) is 11.6 Å². The van der Waals surface area contributed by atoms with Gasteiger partial charge in [-0.15, -0.1) is 20.4 Å². The number of para-hydroxylation sites is 2. The molecule has 70 heavy (non-hydrogen) atoms. The van der Waals surface area contributed by atoms with Crippen LogP contribution in [0.4, 0.5) is 0 Å². The van der Waals surface area contributed by atoms with Crippen LogP contribution in [0.2, 0.25) is 0 Å². The van der Waals surface area contributed by atoms with Gasteiger partial charge in [-0.1, -0.05) is 12.1 Å². The Kier molecular flexibility index (Phi) is 15.5. The first-order valence-electron chi connectivity index (χ1n) is 21.9. The quantitative estimate of drug-likeness (QED) is 0.0840. The molecule has 20 nitrogen and oxygen atoms in total. The monoisotopic (exact) mass is 994 g/mol. The summed E-state index contributed by atoms with van der Waals surface area (Å²) in [5.41, 5.74) is 3.70. The van der Waals surface area contributed by atoms with Crippen molar-refractivity contribution in [3.05, 3.63) is 131 Å². The van der Waals surface area contributed by atoms with Gasteiger partial charge in [0.05, 0.1) is 61.7 Å². The standard InChI is InChI=1S/2C24H27N5O5S/c2*1-15-9-11-18(26-25-15)13-17(3)35(30,31)14-22-27-28-24(21-12-10-16(2)34-21)29(22)23-19(32-4)7-6-8-20(23)33-5/h2*6-12,17H,13-14H2,1-5H3/t2*17-/m10/s1. The summed E-state index contributed by atoms with van der Waals surface area (Å²) in [5, 5.41) is 31.9. The minimum absolute atomic E-state index is 0.207. The molecule has 6 heterocycles. The average molecular weight is 995 g/mol. The first-order valence-corrected chi connectivity index (χ1v) is 25.4. The normalized spacial score (nSPS) is 12.5. The summed E-state index contributed by atoms with van der Waals surface area (Å²) in [6.07, 6.45) is 0.456. The molecule has 368 valence electrons. The van der Waals surface area contributed by atoms with E-state index in [0.717, 1.165) is 11.4 Å². The Morgan fingerprint density at radius 2 is 0.829 bits per heavy atom. The SMILES string of the molecule is COc1cccc(OC)c1-n1c(CS(=O)(=O)[C@@H](C)Cc2ccc(C)nn2)nnc1-c1ccc(C)o1.COc1cccc(OC)c1-n1c(CS(=O)(=O)[C@H](C)Cc2ccc(C)nn2)nnc1-c1ccc(C)o1. The lowest BCUT2D eigenvalue weighted by molar-refractivity contribution is 0.390. The van der Waals surface area contributed by atoms with E-state index in [2.05, 4.69) is 40.8 Å². The molecule has 2 aromatic carbocycles. The molecule has 0 aliphatic heterocycles. The third-order valence-electron chi connectivity index (χ3n) is 11.2. The largest absolute Gasteiger partial charge is 0.494 e. The summed E-state index contributed by atoms with van der Waals surface area (Å²) >= 11 is 0. The lowest BCUT2D eigenvalue weighted by Gasteiger charge is -2.18. The van der Waals surface area contributed by atoms with Gasteiger partial charge in [0.25, 0.3) is 0 Å². The van der Waals surface area contributed by atoms with E-state index in [1.165, 1.54) is 28.4 Å². The highest BCUT2D eigenvalue weighted by molar-refractivity contribution is 7.91. The molecule has 0 aliphatic rings. The van der Waals surface area contributed by atoms with Crippen molar-refractivity contribution in [1.82, 2.24) is 49.9 Å². The fourth-order valence-electron chi connectivity index (χ4n) is 7.38. The number of rotatable bonds is 18. The van der Waals surface area contributed by atoms with Crippen LogP contribution in [0.5, 0.6) is 23.0 Å². The van der Waals surface area contributed by atoms with Gasteiger partial charge >= 0.3 is 0 Å². The third kappa shape index (κ3) is 11.2. The highest BCUT2D eigenvalue weighted by atomic mass is 32.2. The molecule has 0 unspecified atom stereocenters. The molecule has 0 fully saturated rings. The highest BCUT2D eigenvalue weighted by Crippen LogP contribution is 2.39. The zero-order chi connectivity index (χ0) is 50.3. The van der Waals surface area contributed by atoms with Crippen molar-refractivity contribution >= 4 is 19.7 Å². The van der Waals surface area contributed by atoms with Gasteiger partial charge in [-0.3, -0.25) is 9.13 Å². The summed E-state index contributed by atoms with van der Waals surface area (Å²) in [7, 11) is -1.20. The van der Waals surface area contributed by atoms with E-state index in [1.807, 2.05) is 39.8 Å². The number of benzene rings is 2. The van der Waals surface area contributed by atoms with Crippen LogP contribution >= 0.6 is 0 Å². The molecule has 0 saturated carbocycles. The van der Waals surface area contributed by atoms with Crippen molar-refractivity contribution in [2.24, 2.45) is 0 Å². The van der Waals surface area contributed by atoms with Gasteiger partial charge < -0.3 is 27.8 Å². The molecule has 8 aromatic rings. The molecule has 0 aliphatic carbocycles. The van der Waals surface area contributed by atoms with Gasteiger partial charge in [-0.2, -0.15) is 20.4 Å². The van der Waals surface area contributed by atoms with E-state index in [4.69, 9.17) is 27.8 Å². The maximum Gasteiger partial charge on any atom is 0.204 e. The molecule has 0 amide bonds. The number of nitrogens with zero attached hydrogens (tertiary/aromatic N) is 10. The average Bonchev–Trinajstić information content (AvgIpc) is 4.17. The minimum atomic E-state index is -3.66. The van der Waals surface area contributed by atoms with Crippen LogP contribution < -0.4 is 18.9 Å². The fraction of sp³-hybridized carbons (Fsp3) is 0.333. The van der Waals surface area contributed by atoms with Crippen LogP contribution in [0.1, 0.15) is 59.8 Å². The minimum Gasteiger partial charge on any atom is -0.494 e. The second-order valence-corrected chi connectivity index (χ2v) is 21.2. The van der Waals surface area contributed by atoms with Crippen LogP contribution in [0, 0.1) is 27.7 Å². The van der Waals surface area contributed by atoms with Crippen LogP contribution in [0.25, 0.3) is 34.5 Å². The number of ether oxygens (including phenoxy) is 4. The molecular weight excluding hydrogens is 941 g/mol. The predicted molar refractivity (Wildman–Crippen MR) is 259 cm³/mol. The van der Waals surface area contributed by atoms with Gasteiger partial charge in [0.1, 0.15) is 57.4 Å². The lowest BCUT2D eigenvalue weighted by Crippen LogP contribution is -2.24.